The van der Waals surface area contributed by atoms with E-state index >= 15 is 0 Å². The summed E-state index contributed by atoms with van der Waals surface area (Å²) in [6.07, 6.45) is 6.60. The second-order valence-electron chi connectivity index (χ2n) is 7.58. The van der Waals surface area contributed by atoms with E-state index in [2.05, 4.69) is 20.6 Å². The zero-order valence-electron chi connectivity index (χ0n) is 18.6. The molecule has 0 bridgehead atoms. The number of aromatic nitrogens is 3. The molecule has 178 valence electrons. The van der Waals surface area contributed by atoms with Crippen molar-refractivity contribution in [1.29, 1.82) is 0 Å². The first kappa shape index (κ1) is 22.7. The number of para-hydroxylation sites is 1. The zero-order chi connectivity index (χ0) is 24.0. The number of nitrogens with zero attached hydrogens (tertiary/aromatic N) is 6. The summed E-state index contributed by atoms with van der Waals surface area (Å²) >= 11 is 1.16. The number of rotatable bonds is 6. The van der Waals surface area contributed by atoms with E-state index in [1.54, 1.807) is 35.5 Å². The predicted octanol–water partition coefficient (Wildman–Crippen LogP) is 1.44. The Kier molecular flexibility index (Phi) is 6.82. The Balaban J connectivity index is 1.28. The highest BCUT2D eigenvalue weighted by molar-refractivity contribution is 8.14. The third-order valence-corrected chi connectivity index (χ3v) is 6.10. The molecular formula is C23H22N7O4S+. The Morgan fingerprint density at radius 1 is 1.17 bits per heavy atom. The fraction of sp³-hybridized carbons (Fsp3) is 0.217. The third-order valence-electron chi connectivity index (χ3n) is 5.16. The number of thioether (sulfide) groups is 1. The molecule has 2 aromatic heterocycles. The van der Waals surface area contributed by atoms with E-state index < -0.39 is 0 Å². The van der Waals surface area contributed by atoms with Crippen molar-refractivity contribution in [2.45, 2.75) is 0 Å². The number of ether oxygens (including phenoxy) is 1. The Labute approximate surface area is 205 Å². The van der Waals surface area contributed by atoms with Crippen molar-refractivity contribution < 1.29 is 23.6 Å². The molecule has 0 aliphatic carbocycles. The van der Waals surface area contributed by atoms with Gasteiger partial charge >= 0.3 is 5.88 Å². The van der Waals surface area contributed by atoms with E-state index in [-0.39, 0.29) is 29.1 Å². The van der Waals surface area contributed by atoms with Gasteiger partial charge in [-0.25, -0.2) is 4.99 Å². The Morgan fingerprint density at radius 3 is 2.77 bits per heavy atom. The van der Waals surface area contributed by atoms with E-state index in [1.165, 1.54) is 4.90 Å². The molecule has 5 rings (SSSR count). The molecule has 0 saturated carbocycles. The van der Waals surface area contributed by atoms with Gasteiger partial charge in [-0.1, -0.05) is 36.0 Å². The van der Waals surface area contributed by atoms with Crippen molar-refractivity contribution in [3.8, 4) is 0 Å². The standard InChI is InChI=1S/C23H21N7O4S/c31-20(26-21-15-29(27-34-21)28-9-11-33-12-10-28)16-35-23-25-19(13-17-5-4-8-24-14-17)22(32)30(23)18-6-2-1-3-7-18/h1-8,13-15H,9-12,16H2/p+1/b19-13+. The number of hydrogen-bond donors (Lipinski definition) is 1. The van der Waals surface area contributed by atoms with Crippen molar-refractivity contribution in [2.75, 3.05) is 47.3 Å². The van der Waals surface area contributed by atoms with E-state index in [0.29, 0.717) is 37.2 Å². The fourth-order valence-corrected chi connectivity index (χ4v) is 4.32. The Morgan fingerprint density at radius 2 is 2.00 bits per heavy atom. The quantitative estimate of drug-likeness (QED) is 0.406. The fourth-order valence-electron chi connectivity index (χ4n) is 3.51. The summed E-state index contributed by atoms with van der Waals surface area (Å²) in [6, 6.07) is 12.8. The lowest BCUT2D eigenvalue weighted by Crippen LogP contribution is -2.62. The van der Waals surface area contributed by atoms with Crippen LogP contribution in [0.25, 0.3) is 6.08 Å². The predicted molar refractivity (Wildman–Crippen MR) is 130 cm³/mol. The summed E-state index contributed by atoms with van der Waals surface area (Å²) in [5.41, 5.74) is 1.70. The van der Waals surface area contributed by atoms with Gasteiger partial charge in [0, 0.05) is 12.4 Å². The van der Waals surface area contributed by atoms with Crippen LogP contribution in [-0.4, -0.2) is 59.3 Å². The van der Waals surface area contributed by atoms with Crippen LogP contribution in [-0.2, 0) is 14.3 Å². The molecule has 2 amide bonds. The summed E-state index contributed by atoms with van der Waals surface area (Å²) < 4.78 is 10.6. The number of pyridine rings is 1. The molecule has 0 atom stereocenters. The van der Waals surface area contributed by atoms with Crippen LogP contribution in [0.2, 0.25) is 0 Å². The normalized spacial score (nSPS) is 17.1. The minimum Gasteiger partial charge on any atom is -0.377 e. The molecule has 11 nitrogen and oxygen atoms in total. The lowest BCUT2D eigenvalue weighted by atomic mass is 10.2. The van der Waals surface area contributed by atoms with Crippen LogP contribution in [0.5, 0.6) is 0 Å². The molecule has 2 aliphatic rings. The van der Waals surface area contributed by atoms with Crippen molar-refractivity contribution in [2.24, 2.45) is 4.99 Å². The minimum atomic E-state index is -0.312. The molecule has 0 spiro atoms. The van der Waals surface area contributed by atoms with Gasteiger partial charge in [0.25, 0.3) is 12.1 Å². The van der Waals surface area contributed by atoms with E-state index in [0.717, 1.165) is 17.3 Å². The first-order valence-corrected chi connectivity index (χ1v) is 11.9. The van der Waals surface area contributed by atoms with Crippen LogP contribution in [0, 0.1) is 0 Å². The Hall–Kier alpha value is -4.03. The molecule has 4 heterocycles. The average molecular weight is 493 g/mol. The van der Waals surface area contributed by atoms with E-state index in [9.17, 15) is 9.59 Å². The maximum Gasteiger partial charge on any atom is 0.305 e. The van der Waals surface area contributed by atoms with Crippen LogP contribution >= 0.6 is 11.8 Å². The maximum absolute atomic E-state index is 13.2. The molecule has 2 aliphatic heterocycles. The van der Waals surface area contributed by atoms with Crippen molar-refractivity contribution >= 4 is 46.4 Å². The highest BCUT2D eigenvalue weighted by atomic mass is 32.2. The van der Waals surface area contributed by atoms with Crippen LogP contribution in [0.15, 0.2) is 76.3 Å². The summed E-state index contributed by atoms with van der Waals surface area (Å²) in [4.78, 5) is 37.4. The van der Waals surface area contributed by atoms with E-state index in [1.807, 2.05) is 41.4 Å². The first-order valence-electron chi connectivity index (χ1n) is 10.9. The van der Waals surface area contributed by atoms with Crippen LogP contribution in [0.4, 0.5) is 11.6 Å². The van der Waals surface area contributed by atoms with Gasteiger partial charge < -0.3 is 4.74 Å². The molecule has 35 heavy (non-hydrogen) atoms. The van der Waals surface area contributed by atoms with Gasteiger partial charge in [-0.2, -0.15) is 0 Å². The van der Waals surface area contributed by atoms with E-state index in [4.69, 9.17) is 9.26 Å². The zero-order valence-corrected chi connectivity index (χ0v) is 19.4. The SMILES string of the molecule is O=C(CSC1=N/C(=C/c2cccnc2)C(=O)N1c1ccccc1)Nc1c[n+](N2CCOCC2)no1. The number of anilines is 2. The molecule has 1 fully saturated rings. The second-order valence-corrected chi connectivity index (χ2v) is 8.52. The Bertz CT molecular complexity index is 1260. The topological polar surface area (TPSA) is 117 Å². The number of nitrogens with one attached hydrogen (secondary N) is 1. The van der Waals surface area contributed by atoms with Crippen molar-refractivity contribution in [3.05, 3.63) is 72.3 Å². The van der Waals surface area contributed by atoms with Gasteiger partial charge in [0.1, 0.15) is 5.70 Å². The summed E-state index contributed by atoms with van der Waals surface area (Å²) in [7, 11) is 0. The largest absolute Gasteiger partial charge is 0.377 e. The summed E-state index contributed by atoms with van der Waals surface area (Å²) in [5, 5.41) is 8.99. The first-order chi connectivity index (χ1) is 17.2. The molecule has 1 N–H and O–H groups in total. The average Bonchev–Trinajstić information content (AvgIpc) is 3.49. The second kappa shape index (κ2) is 10.5. The van der Waals surface area contributed by atoms with Crippen molar-refractivity contribution in [3.63, 3.8) is 0 Å². The summed E-state index contributed by atoms with van der Waals surface area (Å²) in [5.74, 6) is -0.338. The van der Waals surface area contributed by atoms with Gasteiger partial charge in [-0.05, 0) is 29.8 Å². The lowest BCUT2D eigenvalue weighted by Gasteiger charge is -2.18. The van der Waals surface area contributed by atoms with Gasteiger partial charge in [0.2, 0.25) is 11.2 Å². The van der Waals surface area contributed by atoms with Crippen LogP contribution in [0.3, 0.4) is 0 Å². The maximum atomic E-state index is 13.2. The number of carbonyl (C=O) groups is 2. The highest BCUT2D eigenvalue weighted by Gasteiger charge is 2.32. The molecule has 0 radical (unpaired) electrons. The number of carbonyl (C=O) groups excluding carboxylic acids is 2. The highest BCUT2D eigenvalue weighted by Crippen LogP contribution is 2.29. The summed E-state index contributed by atoms with van der Waals surface area (Å²) in [6.45, 7) is 2.57. The van der Waals surface area contributed by atoms with Crippen LogP contribution in [0.1, 0.15) is 5.56 Å². The molecule has 1 aromatic carbocycles. The molecule has 0 unspecified atom stereocenters. The molecular weight excluding hydrogens is 470 g/mol. The smallest absolute Gasteiger partial charge is 0.305 e. The van der Waals surface area contributed by atoms with Gasteiger partial charge in [0.05, 0.1) is 42.5 Å². The number of aliphatic imine (C=N–C) groups is 1. The van der Waals surface area contributed by atoms with Gasteiger partial charge in [-0.15, -0.1) is 5.01 Å². The monoisotopic (exact) mass is 492 g/mol. The van der Waals surface area contributed by atoms with Gasteiger partial charge in [-0.3, -0.25) is 29.3 Å². The minimum absolute atomic E-state index is 0.0217. The molecule has 1 saturated heterocycles. The number of amidine groups is 1. The van der Waals surface area contributed by atoms with Gasteiger partial charge in [0.15, 0.2) is 5.17 Å². The number of benzene rings is 1. The molecule has 3 aromatic rings. The number of morpholine rings is 1. The van der Waals surface area contributed by atoms with Crippen LogP contribution < -0.4 is 20.0 Å². The third kappa shape index (κ3) is 5.39. The number of amides is 2. The van der Waals surface area contributed by atoms with Crippen molar-refractivity contribution in [1.82, 2.24) is 10.3 Å². The lowest BCUT2D eigenvalue weighted by molar-refractivity contribution is -0.759. The molecule has 12 heteroatoms. The number of hydrogen-bond acceptors (Lipinski definition) is 9.